The number of likely N-dealkylation sites (tertiary alicyclic amines) is 1. The molecule has 8 heteroatoms. The van der Waals surface area contributed by atoms with E-state index < -0.39 is 0 Å². The lowest BCUT2D eigenvalue weighted by Gasteiger charge is -2.35. The molecule has 1 atom stereocenters. The molecule has 160 valence electrons. The minimum atomic E-state index is -0.305. The number of amides is 2. The van der Waals surface area contributed by atoms with Gasteiger partial charge in [0, 0.05) is 19.9 Å². The fourth-order valence-electron chi connectivity index (χ4n) is 3.64. The molecule has 0 spiro atoms. The van der Waals surface area contributed by atoms with Gasteiger partial charge in [-0.05, 0) is 38.3 Å². The maximum atomic E-state index is 12.8. The predicted molar refractivity (Wildman–Crippen MR) is 113 cm³/mol. The van der Waals surface area contributed by atoms with Gasteiger partial charge in [-0.3, -0.25) is 9.59 Å². The van der Waals surface area contributed by atoms with Crippen LogP contribution in [0.1, 0.15) is 53.6 Å². The van der Waals surface area contributed by atoms with Gasteiger partial charge in [-0.1, -0.05) is 12.1 Å². The highest BCUT2D eigenvalue weighted by atomic mass is 16.5. The van der Waals surface area contributed by atoms with Crippen molar-refractivity contribution in [2.24, 2.45) is 0 Å². The summed E-state index contributed by atoms with van der Waals surface area (Å²) >= 11 is 0. The highest BCUT2D eigenvalue weighted by Crippen LogP contribution is 2.30. The average molecular weight is 412 g/mol. The SMILES string of the molecule is COCCC(=O)N1CCCC[C@H]1c1ncc(C(=O)Nc2ccccc2OC)c(C)n1. The molecular weight excluding hydrogens is 384 g/mol. The number of rotatable bonds is 7. The number of aryl methyl sites for hydroxylation is 1. The number of benzene rings is 1. The zero-order valence-electron chi connectivity index (χ0n) is 17.7. The monoisotopic (exact) mass is 412 g/mol. The normalized spacial score (nSPS) is 16.2. The van der Waals surface area contributed by atoms with Crippen LogP contribution in [0.25, 0.3) is 0 Å². The Kier molecular flexibility index (Phi) is 7.35. The van der Waals surface area contributed by atoms with E-state index in [4.69, 9.17) is 9.47 Å². The maximum Gasteiger partial charge on any atom is 0.259 e. The summed E-state index contributed by atoms with van der Waals surface area (Å²) in [5.74, 6) is 0.890. The molecule has 1 fully saturated rings. The van der Waals surface area contributed by atoms with Gasteiger partial charge in [-0.2, -0.15) is 0 Å². The number of para-hydroxylation sites is 2. The van der Waals surface area contributed by atoms with E-state index >= 15 is 0 Å². The first-order valence-electron chi connectivity index (χ1n) is 10.1. The van der Waals surface area contributed by atoms with Gasteiger partial charge in [-0.25, -0.2) is 9.97 Å². The molecule has 0 radical (unpaired) electrons. The van der Waals surface area contributed by atoms with Crippen LogP contribution in [0, 0.1) is 6.92 Å². The van der Waals surface area contributed by atoms with E-state index in [0.717, 1.165) is 19.3 Å². The quantitative estimate of drug-likeness (QED) is 0.751. The van der Waals surface area contributed by atoms with Crippen molar-refractivity contribution in [2.75, 3.05) is 32.7 Å². The van der Waals surface area contributed by atoms with Crippen LogP contribution < -0.4 is 10.1 Å². The Labute approximate surface area is 176 Å². The lowest BCUT2D eigenvalue weighted by Crippen LogP contribution is -2.39. The van der Waals surface area contributed by atoms with Crippen LogP contribution in [-0.4, -0.2) is 54.1 Å². The van der Waals surface area contributed by atoms with Crippen molar-refractivity contribution >= 4 is 17.5 Å². The van der Waals surface area contributed by atoms with Gasteiger partial charge >= 0.3 is 0 Å². The van der Waals surface area contributed by atoms with E-state index in [1.54, 1.807) is 33.3 Å². The molecule has 2 amide bonds. The average Bonchev–Trinajstić information content (AvgIpc) is 2.77. The first kappa shape index (κ1) is 21.7. The Morgan fingerprint density at radius 3 is 2.77 bits per heavy atom. The fraction of sp³-hybridized carbons (Fsp3) is 0.455. The maximum absolute atomic E-state index is 12.8. The Bertz CT molecular complexity index is 902. The van der Waals surface area contributed by atoms with Gasteiger partial charge in [0.1, 0.15) is 5.75 Å². The van der Waals surface area contributed by atoms with Crippen LogP contribution in [-0.2, 0) is 9.53 Å². The molecular formula is C22H28N4O4. The molecule has 0 unspecified atom stereocenters. The number of methoxy groups -OCH3 is 2. The lowest BCUT2D eigenvalue weighted by molar-refractivity contribution is -0.136. The third kappa shape index (κ3) is 4.94. The largest absolute Gasteiger partial charge is 0.495 e. The lowest BCUT2D eigenvalue weighted by atomic mass is 10.0. The number of nitrogens with one attached hydrogen (secondary N) is 1. The summed E-state index contributed by atoms with van der Waals surface area (Å²) in [6.45, 7) is 2.86. The van der Waals surface area contributed by atoms with Gasteiger partial charge in [-0.15, -0.1) is 0 Å². The summed E-state index contributed by atoms with van der Waals surface area (Å²) in [5, 5.41) is 2.85. The van der Waals surface area contributed by atoms with Crippen molar-refractivity contribution in [1.82, 2.24) is 14.9 Å². The van der Waals surface area contributed by atoms with E-state index in [1.165, 1.54) is 6.20 Å². The molecule has 1 saturated heterocycles. The Morgan fingerprint density at radius 2 is 2.03 bits per heavy atom. The van der Waals surface area contributed by atoms with E-state index in [9.17, 15) is 9.59 Å². The molecule has 3 rings (SSSR count). The second-order valence-electron chi connectivity index (χ2n) is 7.22. The highest BCUT2D eigenvalue weighted by molar-refractivity contribution is 6.05. The molecule has 1 aromatic carbocycles. The Morgan fingerprint density at radius 1 is 1.23 bits per heavy atom. The summed E-state index contributed by atoms with van der Waals surface area (Å²) in [4.78, 5) is 36.2. The number of aromatic nitrogens is 2. The first-order chi connectivity index (χ1) is 14.5. The van der Waals surface area contributed by atoms with Gasteiger partial charge in [0.25, 0.3) is 5.91 Å². The molecule has 0 saturated carbocycles. The summed E-state index contributed by atoms with van der Waals surface area (Å²) in [7, 11) is 3.14. The van der Waals surface area contributed by atoms with Crippen molar-refractivity contribution in [2.45, 2.75) is 38.6 Å². The molecule has 2 heterocycles. The van der Waals surface area contributed by atoms with Gasteiger partial charge < -0.3 is 19.7 Å². The molecule has 8 nitrogen and oxygen atoms in total. The number of anilines is 1. The number of carbonyl (C=O) groups excluding carboxylic acids is 2. The predicted octanol–water partition coefficient (Wildman–Crippen LogP) is 3.14. The molecule has 30 heavy (non-hydrogen) atoms. The molecule has 1 aliphatic heterocycles. The molecule has 1 N–H and O–H groups in total. The summed E-state index contributed by atoms with van der Waals surface area (Å²) in [5.41, 5.74) is 1.54. The zero-order chi connectivity index (χ0) is 21.5. The number of piperidine rings is 1. The van der Waals surface area contributed by atoms with Crippen molar-refractivity contribution < 1.29 is 19.1 Å². The second kappa shape index (κ2) is 10.2. The van der Waals surface area contributed by atoms with Crippen LogP contribution in [0.4, 0.5) is 5.69 Å². The number of ether oxygens (including phenoxy) is 2. The molecule has 2 aromatic rings. The van der Waals surface area contributed by atoms with Crippen LogP contribution in [0.5, 0.6) is 5.75 Å². The van der Waals surface area contributed by atoms with E-state index in [1.807, 2.05) is 17.0 Å². The third-order valence-electron chi connectivity index (χ3n) is 5.24. The van der Waals surface area contributed by atoms with Crippen molar-refractivity contribution in [1.29, 1.82) is 0 Å². The van der Waals surface area contributed by atoms with Gasteiger partial charge in [0.05, 0.1) is 43.1 Å². The van der Waals surface area contributed by atoms with Crippen molar-refractivity contribution in [3.05, 3.63) is 47.5 Å². The minimum absolute atomic E-state index is 0.0424. The van der Waals surface area contributed by atoms with Crippen LogP contribution in [0.2, 0.25) is 0 Å². The van der Waals surface area contributed by atoms with Gasteiger partial charge in [0.15, 0.2) is 5.82 Å². The van der Waals surface area contributed by atoms with E-state index in [-0.39, 0.29) is 17.9 Å². The molecule has 1 aromatic heterocycles. The zero-order valence-corrected chi connectivity index (χ0v) is 17.7. The number of hydrogen-bond donors (Lipinski definition) is 1. The summed E-state index contributed by atoms with van der Waals surface area (Å²) in [6, 6.07) is 7.03. The van der Waals surface area contributed by atoms with E-state index in [0.29, 0.717) is 48.1 Å². The van der Waals surface area contributed by atoms with Crippen molar-refractivity contribution in [3.8, 4) is 5.75 Å². The molecule has 0 bridgehead atoms. The highest BCUT2D eigenvalue weighted by Gasteiger charge is 2.30. The van der Waals surface area contributed by atoms with Crippen LogP contribution in [0.15, 0.2) is 30.5 Å². The smallest absolute Gasteiger partial charge is 0.259 e. The number of carbonyl (C=O) groups is 2. The van der Waals surface area contributed by atoms with Crippen LogP contribution in [0.3, 0.4) is 0 Å². The Hall–Kier alpha value is -3.00. The Balaban J connectivity index is 1.78. The number of hydrogen-bond acceptors (Lipinski definition) is 6. The minimum Gasteiger partial charge on any atom is -0.495 e. The summed E-state index contributed by atoms with van der Waals surface area (Å²) in [6.07, 6.45) is 4.66. The topological polar surface area (TPSA) is 93.7 Å². The van der Waals surface area contributed by atoms with E-state index in [2.05, 4.69) is 15.3 Å². The number of nitrogens with zero attached hydrogens (tertiary/aromatic N) is 3. The van der Waals surface area contributed by atoms with Crippen LogP contribution >= 0.6 is 0 Å². The van der Waals surface area contributed by atoms with Crippen molar-refractivity contribution in [3.63, 3.8) is 0 Å². The molecule has 0 aliphatic carbocycles. The van der Waals surface area contributed by atoms with Gasteiger partial charge in [0.2, 0.25) is 5.91 Å². The first-order valence-corrected chi connectivity index (χ1v) is 10.1. The fourth-order valence-corrected chi connectivity index (χ4v) is 3.64. The third-order valence-corrected chi connectivity index (χ3v) is 5.24. The molecule has 1 aliphatic rings. The summed E-state index contributed by atoms with van der Waals surface area (Å²) < 4.78 is 10.3. The standard InChI is InChI=1S/C22H28N4O4/c1-15-16(22(28)25-17-8-4-5-10-19(17)30-3)14-23-21(24-15)18-9-6-7-12-26(18)20(27)11-13-29-2/h4-5,8,10,14,18H,6-7,9,11-13H2,1-3H3,(H,25,28)/t18-/m0/s1. The second-order valence-corrected chi connectivity index (χ2v) is 7.22.